The van der Waals surface area contributed by atoms with E-state index < -0.39 is 5.41 Å². The Balaban J connectivity index is 2.24. The maximum Gasteiger partial charge on any atom is 0.225 e. The van der Waals surface area contributed by atoms with Gasteiger partial charge in [0.15, 0.2) is 0 Å². The van der Waals surface area contributed by atoms with E-state index in [-0.39, 0.29) is 18.4 Å². The van der Waals surface area contributed by atoms with Gasteiger partial charge in [-0.1, -0.05) is 20.8 Å². The van der Waals surface area contributed by atoms with Gasteiger partial charge >= 0.3 is 0 Å². The van der Waals surface area contributed by atoms with E-state index in [2.05, 4.69) is 5.32 Å². The minimum absolute atomic E-state index is 0.0279. The third-order valence-corrected chi connectivity index (χ3v) is 3.48. The molecule has 0 aromatic heterocycles. The van der Waals surface area contributed by atoms with Crippen LogP contribution in [0, 0.1) is 11.3 Å². The molecule has 19 heavy (non-hydrogen) atoms. The first kappa shape index (κ1) is 16.0. The minimum atomic E-state index is -0.414. The molecular weight excluding hydrogens is 244 g/mol. The Morgan fingerprint density at radius 2 is 2.05 bits per heavy atom. The molecule has 1 aliphatic rings. The normalized spacial score (nSPS) is 19.6. The summed E-state index contributed by atoms with van der Waals surface area (Å²) in [6, 6.07) is 0. The number of amides is 2. The van der Waals surface area contributed by atoms with E-state index >= 15 is 0 Å². The van der Waals surface area contributed by atoms with E-state index in [1.807, 2.05) is 25.7 Å². The number of carbonyl (C=O) groups excluding carboxylic acids is 2. The molecule has 0 aliphatic carbocycles. The molecule has 0 bridgehead atoms. The molecule has 2 amide bonds. The first-order chi connectivity index (χ1) is 8.84. The van der Waals surface area contributed by atoms with Crippen molar-refractivity contribution < 1.29 is 14.7 Å². The van der Waals surface area contributed by atoms with Crippen molar-refractivity contribution >= 4 is 11.8 Å². The van der Waals surface area contributed by atoms with Gasteiger partial charge in [-0.15, -0.1) is 0 Å². The molecule has 1 fully saturated rings. The Hall–Kier alpha value is -1.10. The molecule has 1 atom stereocenters. The third kappa shape index (κ3) is 5.19. The van der Waals surface area contributed by atoms with Gasteiger partial charge in [0, 0.05) is 38.1 Å². The predicted molar refractivity (Wildman–Crippen MR) is 73.5 cm³/mol. The second kappa shape index (κ2) is 6.89. The number of aliphatic hydroxyl groups excluding tert-OH is 1. The number of rotatable bonds is 5. The molecular formula is C14H26N2O3. The fourth-order valence-electron chi connectivity index (χ4n) is 2.18. The molecule has 1 saturated heterocycles. The van der Waals surface area contributed by atoms with Crippen LogP contribution in [0.5, 0.6) is 0 Å². The fraction of sp³-hybridized carbons (Fsp3) is 0.857. The predicted octanol–water partition coefficient (Wildman–Crippen LogP) is 0.770. The fourth-order valence-corrected chi connectivity index (χ4v) is 2.18. The summed E-state index contributed by atoms with van der Waals surface area (Å²) >= 11 is 0. The van der Waals surface area contributed by atoms with Gasteiger partial charge in [0.25, 0.3) is 0 Å². The summed E-state index contributed by atoms with van der Waals surface area (Å²) < 4.78 is 0. The summed E-state index contributed by atoms with van der Waals surface area (Å²) in [6.45, 7) is 7.66. The van der Waals surface area contributed by atoms with Crippen molar-refractivity contribution in [2.45, 2.75) is 40.0 Å². The molecule has 110 valence electrons. The van der Waals surface area contributed by atoms with Crippen molar-refractivity contribution in [1.82, 2.24) is 10.2 Å². The van der Waals surface area contributed by atoms with Crippen molar-refractivity contribution in [3.8, 4) is 0 Å². The molecule has 0 spiro atoms. The summed E-state index contributed by atoms with van der Waals surface area (Å²) in [5, 5.41) is 11.7. The molecule has 0 aromatic rings. The molecule has 0 aromatic carbocycles. The van der Waals surface area contributed by atoms with Crippen molar-refractivity contribution in [2.75, 3.05) is 26.2 Å². The molecule has 1 rings (SSSR count). The number of likely N-dealkylation sites (tertiary alicyclic amines) is 1. The molecule has 5 nitrogen and oxygen atoms in total. The summed E-state index contributed by atoms with van der Waals surface area (Å²) in [6.07, 6.45) is 2.10. The Morgan fingerprint density at radius 1 is 1.37 bits per heavy atom. The Bertz CT molecular complexity index is 323. The number of aliphatic hydroxyl groups is 1. The van der Waals surface area contributed by atoms with Crippen LogP contribution in [0.3, 0.4) is 0 Å². The standard InChI is InChI=1S/C14H26N2O3/c1-14(2,3)13(19)15-7-4-12(18)16-8-5-11(10-16)6-9-17/h11,17H,4-10H2,1-3H3,(H,15,19). The largest absolute Gasteiger partial charge is 0.396 e. The summed E-state index contributed by atoms with van der Waals surface area (Å²) in [4.78, 5) is 25.4. The number of nitrogens with zero attached hydrogens (tertiary/aromatic N) is 1. The summed E-state index contributed by atoms with van der Waals surface area (Å²) in [5.41, 5.74) is -0.414. The Labute approximate surface area is 115 Å². The highest BCUT2D eigenvalue weighted by atomic mass is 16.3. The number of nitrogens with one attached hydrogen (secondary N) is 1. The van der Waals surface area contributed by atoms with Crippen molar-refractivity contribution in [3.05, 3.63) is 0 Å². The monoisotopic (exact) mass is 270 g/mol. The minimum Gasteiger partial charge on any atom is -0.396 e. The molecule has 0 radical (unpaired) electrons. The van der Waals surface area contributed by atoms with Gasteiger partial charge in [-0.25, -0.2) is 0 Å². The highest BCUT2D eigenvalue weighted by Crippen LogP contribution is 2.19. The van der Waals surface area contributed by atoms with Crippen LogP contribution in [0.15, 0.2) is 0 Å². The lowest BCUT2D eigenvalue weighted by Gasteiger charge is -2.19. The number of carbonyl (C=O) groups is 2. The zero-order chi connectivity index (χ0) is 14.5. The average molecular weight is 270 g/mol. The lowest BCUT2D eigenvalue weighted by molar-refractivity contribution is -0.131. The maximum absolute atomic E-state index is 11.9. The molecule has 1 aliphatic heterocycles. The van der Waals surface area contributed by atoms with Crippen LogP contribution in [-0.2, 0) is 9.59 Å². The number of hydrogen-bond donors (Lipinski definition) is 2. The third-order valence-electron chi connectivity index (χ3n) is 3.48. The van der Waals surface area contributed by atoms with Gasteiger partial charge in [-0.3, -0.25) is 9.59 Å². The van der Waals surface area contributed by atoms with Gasteiger partial charge < -0.3 is 15.3 Å². The van der Waals surface area contributed by atoms with Gasteiger partial charge in [-0.05, 0) is 18.8 Å². The average Bonchev–Trinajstić information content (AvgIpc) is 2.76. The van der Waals surface area contributed by atoms with E-state index in [0.717, 1.165) is 25.9 Å². The second-order valence-electron chi connectivity index (χ2n) is 6.26. The smallest absolute Gasteiger partial charge is 0.225 e. The second-order valence-corrected chi connectivity index (χ2v) is 6.26. The lowest BCUT2D eigenvalue weighted by atomic mass is 9.96. The van der Waals surface area contributed by atoms with Crippen LogP contribution in [-0.4, -0.2) is 48.1 Å². The van der Waals surface area contributed by atoms with Crippen molar-refractivity contribution in [2.24, 2.45) is 11.3 Å². The van der Waals surface area contributed by atoms with E-state index in [1.165, 1.54) is 0 Å². The van der Waals surface area contributed by atoms with E-state index in [1.54, 1.807) is 0 Å². The maximum atomic E-state index is 11.9. The van der Waals surface area contributed by atoms with Crippen LogP contribution >= 0.6 is 0 Å². The molecule has 5 heteroatoms. The lowest BCUT2D eigenvalue weighted by Crippen LogP contribution is -2.38. The molecule has 1 heterocycles. The summed E-state index contributed by atoms with van der Waals surface area (Å²) in [5.74, 6) is 0.493. The van der Waals surface area contributed by atoms with Crippen molar-refractivity contribution in [3.63, 3.8) is 0 Å². The van der Waals surface area contributed by atoms with Crippen LogP contribution in [0.4, 0.5) is 0 Å². The van der Waals surface area contributed by atoms with Gasteiger partial charge in [0.2, 0.25) is 11.8 Å². The molecule has 2 N–H and O–H groups in total. The van der Waals surface area contributed by atoms with Crippen molar-refractivity contribution in [1.29, 1.82) is 0 Å². The topological polar surface area (TPSA) is 69.6 Å². The van der Waals surface area contributed by atoms with Crippen LogP contribution in [0.25, 0.3) is 0 Å². The highest BCUT2D eigenvalue weighted by Gasteiger charge is 2.26. The first-order valence-corrected chi connectivity index (χ1v) is 7.01. The van der Waals surface area contributed by atoms with E-state index in [0.29, 0.717) is 18.9 Å². The molecule has 1 unspecified atom stereocenters. The van der Waals surface area contributed by atoms with Gasteiger partial charge in [0.1, 0.15) is 0 Å². The van der Waals surface area contributed by atoms with E-state index in [4.69, 9.17) is 5.11 Å². The van der Waals surface area contributed by atoms with Gasteiger partial charge in [-0.2, -0.15) is 0 Å². The SMILES string of the molecule is CC(C)(C)C(=O)NCCC(=O)N1CCC(CCO)C1. The van der Waals surface area contributed by atoms with E-state index in [9.17, 15) is 9.59 Å². The highest BCUT2D eigenvalue weighted by molar-refractivity contribution is 5.82. The zero-order valence-electron chi connectivity index (χ0n) is 12.2. The first-order valence-electron chi connectivity index (χ1n) is 7.01. The zero-order valence-corrected chi connectivity index (χ0v) is 12.2. The number of hydrogen-bond acceptors (Lipinski definition) is 3. The Kier molecular flexibility index (Phi) is 5.79. The van der Waals surface area contributed by atoms with Crippen LogP contribution < -0.4 is 5.32 Å². The quantitative estimate of drug-likeness (QED) is 0.775. The molecule has 0 saturated carbocycles. The Morgan fingerprint density at radius 3 is 2.63 bits per heavy atom. The van der Waals surface area contributed by atoms with Crippen LogP contribution in [0.2, 0.25) is 0 Å². The van der Waals surface area contributed by atoms with Crippen LogP contribution in [0.1, 0.15) is 40.0 Å². The summed E-state index contributed by atoms with van der Waals surface area (Å²) in [7, 11) is 0. The van der Waals surface area contributed by atoms with Gasteiger partial charge in [0.05, 0.1) is 0 Å².